The van der Waals surface area contributed by atoms with Crippen molar-refractivity contribution in [3.63, 3.8) is 0 Å². The van der Waals surface area contributed by atoms with Crippen molar-refractivity contribution >= 4 is 5.82 Å². The maximum absolute atomic E-state index is 5.88. The van der Waals surface area contributed by atoms with Gasteiger partial charge < -0.3 is 5.73 Å². The van der Waals surface area contributed by atoms with Gasteiger partial charge in [0.15, 0.2) is 0 Å². The highest BCUT2D eigenvalue weighted by atomic mass is 14.9. The first-order valence-corrected chi connectivity index (χ1v) is 5.32. The standard InChI is InChI=1S/C12H14N4/c1-2-3-10-11(15-8-16-12(10)13)9-4-6-14-7-5-9/h4-8H,2-3H2,1H3,(H2,13,15,16). The molecule has 0 radical (unpaired) electrons. The number of nitrogens with zero attached hydrogens (tertiary/aromatic N) is 3. The SMILES string of the molecule is CCCc1c(N)ncnc1-c1ccncc1. The summed E-state index contributed by atoms with van der Waals surface area (Å²) < 4.78 is 0. The Morgan fingerprint density at radius 3 is 2.62 bits per heavy atom. The number of hydrogen-bond donors (Lipinski definition) is 1. The van der Waals surface area contributed by atoms with Crippen molar-refractivity contribution in [1.82, 2.24) is 15.0 Å². The van der Waals surface area contributed by atoms with E-state index in [4.69, 9.17) is 5.73 Å². The van der Waals surface area contributed by atoms with Crippen LogP contribution >= 0.6 is 0 Å². The smallest absolute Gasteiger partial charge is 0.130 e. The van der Waals surface area contributed by atoms with Crippen molar-refractivity contribution in [3.05, 3.63) is 36.4 Å². The second kappa shape index (κ2) is 4.70. The lowest BCUT2D eigenvalue weighted by atomic mass is 10.0. The predicted octanol–water partition coefficient (Wildman–Crippen LogP) is 2.07. The molecule has 0 aliphatic heterocycles. The third-order valence-electron chi connectivity index (χ3n) is 2.43. The summed E-state index contributed by atoms with van der Waals surface area (Å²) in [5, 5.41) is 0. The zero-order valence-corrected chi connectivity index (χ0v) is 9.22. The molecular formula is C12H14N4. The van der Waals surface area contributed by atoms with Gasteiger partial charge in [0.25, 0.3) is 0 Å². The minimum atomic E-state index is 0.573. The molecule has 0 aliphatic rings. The molecule has 2 aromatic rings. The highest BCUT2D eigenvalue weighted by molar-refractivity contribution is 5.66. The maximum Gasteiger partial charge on any atom is 0.130 e. The first-order chi connectivity index (χ1) is 7.83. The Labute approximate surface area is 94.6 Å². The summed E-state index contributed by atoms with van der Waals surface area (Å²) in [6, 6.07) is 3.86. The lowest BCUT2D eigenvalue weighted by Gasteiger charge is -2.09. The van der Waals surface area contributed by atoms with E-state index in [2.05, 4.69) is 21.9 Å². The Hall–Kier alpha value is -1.97. The van der Waals surface area contributed by atoms with Crippen LogP contribution < -0.4 is 5.73 Å². The predicted molar refractivity (Wildman–Crippen MR) is 63.7 cm³/mol. The second-order valence-corrected chi connectivity index (χ2v) is 3.57. The molecule has 0 saturated carbocycles. The van der Waals surface area contributed by atoms with Crippen LogP contribution in [0.4, 0.5) is 5.82 Å². The van der Waals surface area contributed by atoms with Gasteiger partial charge in [-0.2, -0.15) is 0 Å². The van der Waals surface area contributed by atoms with E-state index in [1.165, 1.54) is 6.33 Å². The zero-order chi connectivity index (χ0) is 11.4. The van der Waals surface area contributed by atoms with E-state index >= 15 is 0 Å². The van der Waals surface area contributed by atoms with Gasteiger partial charge in [0, 0.05) is 23.5 Å². The van der Waals surface area contributed by atoms with Crippen LogP contribution in [0.2, 0.25) is 0 Å². The number of nitrogen functional groups attached to an aromatic ring is 1. The number of hydrogen-bond acceptors (Lipinski definition) is 4. The third kappa shape index (κ3) is 2.00. The molecule has 2 rings (SSSR count). The molecule has 82 valence electrons. The van der Waals surface area contributed by atoms with Crippen molar-refractivity contribution in [2.24, 2.45) is 0 Å². The third-order valence-corrected chi connectivity index (χ3v) is 2.43. The van der Waals surface area contributed by atoms with Crippen LogP contribution in [0.25, 0.3) is 11.3 Å². The van der Waals surface area contributed by atoms with Gasteiger partial charge in [-0.15, -0.1) is 0 Å². The average Bonchev–Trinajstić information content (AvgIpc) is 2.33. The van der Waals surface area contributed by atoms with Gasteiger partial charge in [0.1, 0.15) is 12.1 Å². The fourth-order valence-electron chi connectivity index (χ4n) is 1.68. The van der Waals surface area contributed by atoms with E-state index in [1.807, 2.05) is 12.1 Å². The quantitative estimate of drug-likeness (QED) is 0.849. The fraction of sp³-hybridized carbons (Fsp3) is 0.250. The Kier molecular flexibility index (Phi) is 3.10. The van der Waals surface area contributed by atoms with Crippen LogP contribution in [0.1, 0.15) is 18.9 Å². The van der Waals surface area contributed by atoms with Crippen molar-refractivity contribution in [1.29, 1.82) is 0 Å². The number of anilines is 1. The highest BCUT2D eigenvalue weighted by Crippen LogP contribution is 2.24. The van der Waals surface area contributed by atoms with Crippen molar-refractivity contribution in [2.45, 2.75) is 19.8 Å². The minimum absolute atomic E-state index is 0.573. The van der Waals surface area contributed by atoms with E-state index in [-0.39, 0.29) is 0 Å². The Balaban J connectivity index is 2.52. The zero-order valence-electron chi connectivity index (χ0n) is 9.22. The van der Waals surface area contributed by atoms with E-state index in [0.29, 0.717) is 5.82 Å². The molecule has 2 N–H and O–H groups in total. The largest absolute Gasteiger partial charge is 0.383 e. The Bertz CT molecular complexity index is 468. The maximum atomic E-state index is 5.88. The lowest BCUT2D eigenvalue weighted by molar-refractivity contribution is 0.908. The number of pyridine rings is 1. The summed E-state index contributed by atoms with van der Waals surface area (Å²) in [6.07, 6.45) is 6.93. The normalized spacial score (nSPS) is 10.3. The van der Waals surface area contributed by atoms with Crippen LogP contribution in [-0.2, 0) is 6.42 Å². The van der Waals surface area contributed by atoms with Gasteiger partial charge in [0.2, 0.25) is 0 Å². The number of rotatable bonds is 3. The molecule has 0 fully saturated rings. The molecule has 4 heteroatoms. The van der Waals surface area contributed by atoms with Crippen molar-refractivity contribution < 1.29 is 0 Å². The molecule has 16 heavy (non-hydrogen) atoms. The molecule has 0 unspecified atom stereocenters. The van der Waals surface area contributed by atoms with Crippen LogP contribution in [0.15, 0.2) is 30.9 Å². The minimum Gasteiger partial charge on any atom is -0.383 e. The van der Waals surface area contributed by atoms with E-state index in [9.17, 15) is 0 Å². The Morgan fingerprint density at radius 2 is 1.94 bits per heavy atom. The molecule has 0 aromatic carbocycles. The van der Waals surface area contributed by atoms with Crippen LogP contribution in [0, 0.1) is 0 Å². The van der Waals surface area contributed by atoms with Crippen LogP contribution in [-0.4, -0.2) is 15.0 Å². The Morgan fingerprint density at radius 1 is 1.19 bits per heavy atom. The van der Waals surface area contributed by atoms with Gasteiger partial charge >= 0.3 is 0 Å². The van der Waals surface area contributed by atoms with Crippen molar-refractivity contribution in [3.8, 4) is 11.3 Å². The van der Waals surface area contributed by atoms with E-state index in [1.54, 1.807) is 12.4 Å². The summed E-state index contributed by atoms with van der Waals surface area (Å²) in [5.41, 5.74) is 8.85. The molecular weight excluding hydrogens is 200 g/mol. The second-order valence-electron chi connectivity index (χ2n) is 3.57. The molecule has 0 spiro atoms. The number of nitrogens with two attached hydrogens (primary N) is 1. The molecule has 0 saturated heterocycles. The fourth-order valence-corrected chi connectivity index (χ4v) is 1.68. The molecule has 2 aromatic heterocycles. The van der Waals surface area contributed by atoms with Gasteiger partial charge in [-0.05, 0) is 18.6 Å². The first-order valence-electron chi connectivity index (χ1n) is 5.32. The van der Waals surface area contributed by atoms with Gasteiger partial charge in [-0.3, -0.25) is 4.98 Å². The average molecular weight is 214 g/mol. The highest BCUT2D eigenvalue weighted by Gasteiger charge is 2.09. The molecule has 0 aliphatic carbocycles. The van der Waals surface area contributed by atoms with Gasteiger partial charge in [0.05, 0.1) is 5.69 Å². The monoisotopic (exact) mass is 214 g/mol. The van der Waals surface area contributed by atoms with Crippen LogP contribution in [0.5, 0.6) is 0 Å². The summed E-state index contributed by atoms with van der Waals surface area (Å²) in [7, 11) is 0. The first kappa shape index (κ1) is 10.5. The summed E-state index contributed by atoms with van der Waals surface area (Å²) in [4.78, 5) is 12.3. The van der Waals surface area contributed by atoms with Crippen LogP contribution in [0.3, 0.4) is 0 Å². The molecule has 0 bridgehead atoms. The molecule has 0 amide bonds. The number of aromatic nitrogens is 3. The molecule has 4 nitrogen and oxygen atoms in total. The summed E-state index contributed by atoms with van der Waals surface area (Å²) >= 11 is 0. The lowest BCUT2D eigenvalue weighted by Crippen LogP contribution is -2.02. The topological polar surface area (TPSA) is 64.7 Å². The summed E-state index contributed by atoms with van der Waals surface area (Å²) in [5.74, 6) is 0.573. The van der Waals surface area contributed by atoms with E-state index < -0.39 is 0 Å². The molecule has 2 heterocycles. The van der Waals surface area contributed by atoms with E-state index in [0.717, 1.165) is 29.7 Å². The molecule has 0 atom stereocenters. The van der Waals surface area contributed by atoms with Gasteiger partial charge in [-0.25, -0.2) is 9.97 Å². The summed E-state index contributed by atoms with van der Waals surface area (Å²) in [6.45, 7) is 2.11. The van der Waals surface area contributed by atoms with Crippen molar-refractivity contribution in [2.75, 3.05) is 5.73 Å². The van der Waals surface area contributed by atoms with Gasteiger partial charge in [-0.1, -0.05) is 13.3 Å².